The number of ether oxygens (including phenoxy) is 1. The highest BCUT2D eigenvalue weighted by atomic mass is 79.9. The van der Waals surface area contributed by atoms with Crippen LogP contribution < -0.4 is 10.1 Å². The van der Waals surface area contributed by atoms with Crippen molar-refractivity contribution in [2.75, 3.05) is 6.54 Å². The predicted octanol–water partition coefficient (Wildman–Crippen LogP) is 4.48. The Labute approximate surface area is 128 Å². The van der Waals surface area contributed by atoms with Gasteiger partial charge in [-0.25, -0.2) is 4.39 Å². The summed E-state index contributed by atoms with van der Waals surface area (Å²) < 4.78 is 32.5. The second-order valence-electron chi connectivity index (χ2n) is 4.14. The lowest BCUT2D eigenvalue weighted by molar-refractivity contribution is 0.287. The first-order valence-electron chi connectivity index (χ1n) is 6.15. The van der Waals surface area contributed by atoms with Crippen molar-refractivity contribution >= 4 is 27.3 Å². The lowest BCUT2D eigenvalue weighted by Gasteiger charge is -2.07. The molecular weight excluding hydrogens is 348 g/mol. The number of rotatable bonds is 6. The maximum atomic E-state index is 13.5. The molecule has 1 aromatic carbocycles. The van der Waals surface area contributed by atoms with Crippen LogP contribution in [0.4, 0.5) is 8.78 Å². The molecule has 1 aromatic heterocycles. The van der Waals surface area contributed by atoms with Crippen molar-refractivity contribution in [3.05, 3.63) is 50.1 Å². The minimum absolute atomic E-state index is 0.0847. The fourth-order valence-corrected chi connectivity index (χ4v) is 2.94. The van der Waals surface area contributed by atoms with Gasteiger partial charge in [0.25, 0.3) is 0 Å². The molecule has 0 spiro atoms. The molecule has 0 saturated heterocycles. The maximum absolute atomic E-state index is 13.5. The second kappa shape index (κ2) is 7.15. The molecule has 20 heavy (non-hydrogen) atoms. The van der Waals surface area contributed by atoms with Crippen LogP contribution in [-0.4, -0.2) is 6.54 Å². The van der Waals surface area contributed by atoms with Crippen molar-refractivity contribution in [2.24, 2.45) is 0 Å². The van der Waals surface area contributed by atoms with Crippen LogP contribution in [-0.2, 0) is 13.2 Å². The summed E-state index contributed by atoms with van der Waals surface area (Å²) in [4.78, 5) is 2.16. The van der Waals surface area contributed by atoms with Crippen molar-refractivity contribution in [3.8, 4) is 5.75 Å². The van der Waals surface area contributed by atoms with Gasteiger partial charge in [0, 0.05) is 20.8 Å². The van der Waals surface area contributed by atoms with E-state index < -0.39 is 11.6 Å². The Kier molecular flexibility index (Phi) is 5.51. The number of thiophene rings is 1. The van der Waals surface area contributed by atoms with Gasteiger partial charge in [-0.2, -0.15) is 4.39 Å². The third kappa shape index (κ3) is 4.01. The zero-order valence-electron chi connectivity index (χ0n) is 10.9. The molecular formula is C14H14BrF2NOS. The van der Waals surface area contributed by atoms with Crippen molar-refractivity contribution in [2.45, 2.75) is 20.1 Å². The number of hydrogen-bond acceptors (Lipinski definition) is 3. The molecule has 108 valence electrons. The largest absolute Gasteiger partial charge is 0.485 e. The van der Waals surface area contributed by atoms with Crippen LogP contribution in [0, 0.1) is 11.6 Å². The summed E-state index contributed by atoms with van der Waals surface area (Å²) in [5.41, 5.74) is 0. The first-order chi connectivity index (χ1) is 9.60. The van der Waals surface area contributed by atoms with E-state index in [-0.39, 0.29) is 12.4 Å². The molecule has 1 heterocycles. The van der Waals surface area contributed by atoms with Gasteiger partial charge >= 0.3 is 0 Å². The number of benzene rings is 1. The van der Waals surface area contributed by atoms with E-state index in [0.29, 0.717) is 4.47 Å². The van der Waals surface area contributed by atoms with E-state index in [1.165, 1.54) is 10.9 Å². The molecule has 0 fully saturated rings. The Morgan fingerprint density at radius 3 is 2.75 bits per heavy atom. The monoisotopic (exact) mass is 361 g/mol. The number of halogens is 3. The lowest BCUT2D eigenvalue weighted by atomic mass is 10.3. The highest BCUT2D eigenvalue weighted by molar-refractivity contribution is 9.10. The molecule has 0 unspecified atom stereocenters. The van der Waals surface area contributed by atoms with Gasteiger partial charge in [-0.05, 0) is 30.8 Å². The molecule has 0 bridgehead atoms. The van der Waals surface area contributed by atoms with E-state index in [1.54, 1.807) is 11.3 Å². The van der Waals surface area contributed by atoms with Gasteiger partial charge < -0.3 is 10.1 Å². The van der Waals surface area contributed by atoms with Gasteiger partial charge in [0.1, 0.15) is 6.61 Å². The van der Waals surface area contributed by atoms with E-state index >= 15 is 0 Å². The number of nitrogens with one attached hydrogen (secondary N) is 1. The average molecular weight is 362 g/mol. The molecule has 0 aliphatic rings. The molecule has 0 saturated carbocycles. The van der Waals surface area contributed by atoms with Crippen LogP contribution in [0.25, 0.3) is 0 Å². The molecule has 0 aliphatic heterocycles. The Hall–Kier alpha value is -0.980. The van der Waals surface area contributed by atoms with E-state index in [1.807, 2.05) is 19.1 Å². The first-order valence-corrected chi connectivity index (χ1v) is 7.76. The fourth-order valence-electron chi connectivity index (χ4n) is 1.63. The van der Waals surface area contributed by atoms with Crippen molar-refractivity contribution < 1.29 is 13.5 Å². The second-order valence-corrected chi connectivity index (χ2v) is 6.31. The van der Waals surface area contributed by atoms with Crippen LogP contribution in [0.1, 0.15) is 16.7 Å². The van der Waals surface area contributed by atoms with Gasteiger partial charge in [0.05, 0.1) is 0 Å². The summed E-state index contributed by atoms with van der Waals surface area (Å²) in [6, 6.07) is 6.43. The van der Waals surface area contributed by atoms with E-state index in [9.17, 15) is 8.78 Å². The van der Waals surface area contributed by atoms with E-state index in [0.717, 1.165) is 24.0 Å². The molecule has 0 radical (unpaired) electrons. The molecule has 1 N–H and O–H groups in total. The molecule has 2 nitrogen and oxygen atoms in total. The van der Waals surface area contributed by atoms with Gasteiger partial charge in [0.2, 0.25) is 5.82 Å². The standard InChI is InChI=1S/C14H14BrF2NOS/c1-2-18-7-10-3-4-11(20-10)8-19-13-6-9(15)5-12(16)14(13)17/h3-6,18H,2,7-8H2,1H3. The summed E-state index contributed by atoms with van der Waals surface area (Å²) in [5, 5.41) is 3.23. The maximum Gasteiger partial charge on any atom is 0.200 e. The van der Waals surface area contributed by atoms with Crippen LogP contribution in [0.3, 0.4) is 0 Å². The number of hydrogen-bond donors (Lipinski definition) is 1. The minimum atomic E-state index is -0.961. The predicted molar refractivity (Wildman–Crippen MR) is 80.1 cm³/mol. The Balaban J connectivity index is 2.00. The smallest absolute Gasteiger partial charge is 0.200 e. The highest BCUT2D eigenvalue weighted by Gasteiger charge is 2.12. The summed E-state index contributed by atoms with van der Waals surface area (Å²) in [6.07, 6.45) is 0. The van der Waals surface area contributed by atoms with Gasteiger partial charge in [0.15, 0.2) is 11.6 Å². The van der Waals surface area contributed by atoms with Crippen molar-refractivity contribution in [1.29, 1.82) is 0 Å². The zero-order valence-corrected chi connectivity index (χ0v) is 13.3. The van der Waals surface area contributed by atoms with Crippen LogP contribution >= 0.6 is 27.3 Å². The Morgan fingerprint density at radius 1 is 1.25 bits per heavy atom. The van der Waals surface area contributed by atoms with Crippen molar-refractivity contribution in [1.82, 2.24) is 5.32 Å². The van der Waals surface area contributed by atoms with Crippen LogP contribution in [0.15, 0.2) is 28.7 Å². The molecule has 6 heteroatoms. The van der Waals surface area contributed by atoms with E-state index in [4.69, 9.17) is 4.74 Å². The third-order valence-corrected chi connectivity index (χ3v) is 4.11. The molecule has 2 aromatic rings. The topological polar surface area (TPSA) is 21.3 Å². The highest BCUT2D eigenvalue weighted by Crippen LogP contribution is 2.27. The molecule has 0 atom stereocenters. The summed E-state index contributed by atoms with van der Waals surface area (Å²) >= 11 is 4.70. The minimum Gasteiger partial charge on any atom is -0.485 e. The summed E-state index contributed by atoms with van der Waals surface area (Å²) in [5.74, 6) is -1.97. The van der Waals surface area contributed by atoms with Gasteiger partial charge in [-0.15, -0.1) is 11.3 Å². The molecule has 0 amide bonds. The van der Waals surface area contributed by atoms with Crippen LogP contribution in [0.5, 0.6) is 5.75 Å². The first kappa shape index (κ1) is 15.4. The quantitative estimate of drug-likeness (QED) is 0.766. The molecule has 2 rings (SSSR count). The van der Waals surface area contributed by atoms with Crippen molar-refractivity contribution in [3.63, 3.8) is 0 Å². The van der Waals surface area contributed by atoms with Gasteiger partial charge in [-0.3, -0.25) is 0 Å². The molecule has 0 aliphatic carbocycles. The van der Waals surface area contributed by atoms with Gasteiger partial charge in [-0.1, -0.05) is 22.9 Å². The summed E-state index contributed by atoms with van der Waals surface area (Å²) in [6.45, 7) is 3.99. The Bertz CT molecular complexity index is 589. The fraction of sp³-hybridized carbons (Fsp3) is 0.286. The normalized spacial score (nSPS) is 10.8. The lowest BCUT2D eigenvalue weighted by Crippen LogP contribution is -2.10. The Morgan fingerprint density at radius 2 is 2.00 bits per heavy atom. The summed E-state index contributed by atoms with van der Waals surface area (Å²) in [7, 11) is 0. The SMILES string of the molecule is CCNCc1ccc(COc2cc(Br)cc(F)c2F)s1. The van der Waals surface area contributed by atoms with E-state index in [2.05, 4.69) is 21.2 Å². The van der Waals surface area contributed by atoms with Crippen LogP contribution in [0.2, 0.25) is 0 Å². The zero-order chi connectivity index (χ0) is 14.5. The average Bonchev–Trinajstić information content (AvgIpc) is 2.86. The third-order valence-electron chi connectivity index (χ3n) is 2.60.